The molecule has 0 aliphatic carbocycles. The van der Waals surface area contributed by atoms with Gasteiger partial charge in [-0.05, 0) is 59.8 Å². The number of fused-ring (bicyclic) bond motifs is 2. The molecule has 6 aromatic carbocycles. The van der Waals surface area contributed by atoms with E-state index in [0.29, 0.717) is 5.88 Å². The number of hydrogen-bond donors (Lipinski definition) is 0. The zero-order valence-corrected chi connectivity index (χ0v) is 16.0. The van der Waals surface area contributed by atoms with E-state index in [1.165, 1.54) is 59.8 Å². The molecule has 28 heavy (non-hydrogen) atoms. The van der Waals surface area contributed by atoms with E-state index in [4.69, 9.17) is 11.6 Å². The summed E-state index contributed by atoms with van der Waals surface area (Å²) in [6.07, 6.45) is 0. The average molecular weight is 377 g/mol. The van der Waals surface area contributed by atoms with Crippen LogP contribution in [0.25, 0.3) is 54.2 Å². The number of alkyl halides is 1. The highest BCUT2D eigenvalue weighted by atomic mass is 35.5. The zero-order valence-electron chi connectivity index (χ0n) is 15.2. The van der Waals surface area contributed by atoms with E-state index in [1.807, 2.05) is 0 Å². The fourth-order valence-corrected chi connectivity index (χ4v) is 5.01. The molecule has 0 atom stereocenters. The largest absolute Gasteiger partial charge is 0.122 e. The molecule has 0 aliphatic heterocycles. The smallest absolute Gasteiger partial charge is 0.0480 e. The molecule has 0 amide bonds. The van der Waals surface area contributed by atoms with Gasteiger partial charge in [-0.2, -0.15) is 0 Å². The molecule has 6 rings (SSSR count). The summed E-state index contributed by atoms with van der Waals surface area (Å²) < 4.78 is 0. The molecule has 0 N–H and O–H groups in total. The number of benzene rings is 6. The Hall–Kier alpha value is -3.09. The number of rotatable bonds is 2. The van der Waals surface area contributed by atoms with Crippen molar-refractivity contribution in [1.82, 2.24) is 0 Å². The van der Waals surface area contributed by atoms with E-state index in [1.54, 1.807) is 0 Å². The van der Waals surface area contributed by atoms with Crippen molar-refractivity contribution in [2.75, 3.05) is 0 Å². The Labute approximate surface area is 168 Å². The van der Waals surface area contributed by atoms with Crippen LogP contribution in [0.1, 0.15) is 5.56 Å². The summed E-state index contributed by atoms with van der Waals surface area (Å²) in [4.78, 5) is 0. The molecule has 1 heteroatoms. The van der Waals surface area contributed by atoms with Crippen LogP contribution in [0.15, 0.2) is 91.0 Å². The molecule has 0 heterocycles. The van der Waals surface area contributed by atoms with Gasteiger partial charge in [-0.3, -0.25) is 0 Å². The third-order valence-corrected chi connectivity index (χ3v) is 6.25. The lowest BCUT2D eigenvalue weighted by Crippen LogP contribution is -1.92. The Kier molecular flexibility index (Phi) is 3.38. The lowest BCUT2D eigenvalue weighted by Gasteiger charge is -2.18. The summed E-state index contributed by atoms with van der Waals surface area (Å²) in [6.45, 7) is 0. The molecular weight excluding hydrogens is 360 g/mol. The third kappa shape index (κ3) is 2.07. The van der Waals surface area contributed by atoms with E-state index < -0.39 is 0 Å². The van der Waals surface area contributed by atoms with Gasteiger partial charge in [0.25, 0.3) is 0 Å². The quantitative estimate of drug-likeness (QED) is 0.162. The molecule has 0 saturated heterocycles. The van der Waals surface area contributed by atoms with Crippen LogP contribution in [-0.4, -0.2) is 0 Å². The standard InChI is InChI=1S/C27H17Cl/c28-16-19-6-1-2-10-20(19)23-15-14-18-9-4-12-22-21-11-3-7-17-8-5-13-24(25(17)21)27(23)26(18)22/h1-15H,16H2. The van der Waals surface area contributed by atoms with Crippen LogP contribution in [0.4, 0.5) is 0 Å². The molecule has 0 bridgehead atoms. The van der Waals surface area contributed by atoms with E-state index in [2.05, 4.69) is 91.0 Å². The van der Waals surface area contributed by atoms with Gasteiger partial charge in [-0.1, -0.05) is 91.0 Å². The van der Waals surface area contributed by atoms with E-state index in [-0.39, 0.29) is 0 Å². The molecule has 6 aromatic rings. The molecule has 0 radical (unpaired) electrons. The molecule has 0 unspecified atom stereocenters. The second kappa shape index (κ2) is 5.95. The number of hydrogen-bond acceptors (Lipinski definition) is 0. The van der Waals surface area contributed by atoms with Gasteiger partial charge in [0.15, 0.2) is 0 Å². The Balaban J connectivity index is 1.95. The van der Waals surface area contributed by atoms with Gasteiger partial charge in [-0.25, -0.2) is 0 Å². The lowest BCUT2D eigenvalue weighted by molar-refractivity contribution is 1.40. The molecule has 132 valence electrons. The predicted octanol–water partition coefficient (Wildman–Crippen LogP) is 8.14. The highest BCUT2D eigenvalue weighted by molar-refractivity contribution is 6.35. The van der Waals surface area contributed by atoms with Gasteiger partial charge in [0.2, 0.25) is 0 Å². The topological polar surface area (TPSA) is 0 Å². The van der Waals surface area contributed by atoms with Crippen LogP contribution < -0.4 is 0 Å². The van der Waals surface area contributed by atoms with Crippen molar-refractivity contribution in [3.05, 3.63) is 96.6 Å². The minimum absolute atomic E-state index is 0.510. The van der Waals surface area contributed by atoms with Crippen molar-refractivity contribution >= 4 is 54.7 Å². The van der Waals surface area contributed by atoms with Gasteiger partial charge in [0.05, 0.1) is 0 Å². The van der Waals surface area contributed by atoms with Crippen LogP contribution in [0.3, 0.4) is 0 Å². The van der Waals surface area contributed by atoms with E-state index >= 15 is 0 Å². The summed E-state index contributed by atoms with van der Waals surface area (Å²) in [5, 5.41) is 10.6. The monoisotopic (exact) mass is 376 g/mol. The van der Waals surface area contributed by atoms with Crippen molar-refractivity contribution in [2.24, 2.45) is 0 Å². The first-order valence-corrected chi connectivity index (χ1v) is 10.1. The second-order valence-corrected chi connectivity index (χ2v) is 7.66. The van der Waals surface area contributed by atoms with Crippen molar-refractivity contribution < 1.29 is 0 Å². The van der Waals surface area contributed by atoms with Crippen molar-refractivity contribution in [3.63, 3.8) is 0 Å². The van der Waals surface area contributed by atoms with E-state index in [9.17, 15) is 0 Å². The first kappa shape index (κ1) is 15.9. The molecule has 0 aliphatic rings. The van der Waals surface area contributed by atoms with Crippen LogP contribution in [-0.2, 0) is 5.88 Å². The zero-order chi connectivity index (χ0) is 18.7. The fraction of sp³-hybridized carbons (Fsp3) is 0.0370. The number of halogens is 1. The molecule has 0 fully saturated rings. The van der Waals surface area contributed by atoms with Crippen molar-refractivity contribution in [2.45, 2.75) is 5.88 Å². The Morgan fingerprint density at radius 3 is 1.86 bits per heavy atom. The summed E-state index contributed by atoms with van der Waals surface area (Å²) in [5.74, 6) is 0.510. The first-order chi connectivity index (χ1) is 13.9. The second-order valence-electron chi connectivity index (χ2n) is 7.39. The highest BCUT2D eigenvalue weighted by Crippen LogP contribution is 2.44. The van der Waals surface area contributed by atoms with Crippen LogP contribution >= 0.6 is 11.6 Å². The summed E-state index contributed by atoms with van der Waals surface area (Å²) >= 11 is 6.30. The average Bonchev–Trinajstić information content (AvgIpc) is 2.77. The van der Waals surface area contributed by atoms with Crippen LogP contribution in [0.2, 0.25) is 0 Å². The maximum Gasteiger partial charge on any atom is 0.0480 e. The van der Waals surface area contributed by atoms with Gasteiger partial charge in [0, 0.05) is 5.88 Å². The third-order valence-electron chi connectivity index (χ3n) is 5.96. The minimum Gasteiger partial charge on any atom is -0.122 e. The lowest BCUT2D eigenvalue weighted by atomic mass is 9.85. The minimum atomic E-state index is 0.510. The Bertz CT molecular complexity index is 1490. The van der Waals surface area contributed by atoms with Crippen molar-refractivity contribution in [1.29, 1.82) is 0 Å². The summed E-state index contributed by atoms with van der Waals surface area (Å²) in [7, 11) is 0. The van der Waals surface area contributed by atoms with E-state index in [0.717, 1.165) is 0 Å². The summed E-state index contributed by atoms with van der Waals surface area (Å²) in [5.41, 5.74) is 3.65. The van der Waals surface area contributed by atoms with Gasteiger partial charge in [0.1, 0.15) is 0 Å². The molecular formula is C27H17Cl. The predicted molar refractivity (Wildman–Crippen MR) is 123 cm³/mol. The normalized spacial score (nSPS) is 11.9. The molecule has 0 saturated carbocycles. The van der Waals surface area contributed by atoms with Gasteiger partial charge >= 0.3 is 0 Å². The van der Waals surface area contributed by atoms with Gasteiger partial charge < -0.3 is 0 Å². The van der Waals surface area contributed by atoms with Crippen LogP contribution in [0, 0.1) is 0 Å². The summed E-state index contributed by atoms with van der Waals surface area (Å²) in [6, 6.07) is 32.9. The first-order valence-electron chi connectivity index (χ1n) is 9.59. The Morgan fingerprint density at radius 2 is 1.11 bits per heavy atom. The highest BCUT2D eigenvalue weighted by Gasteiger charge is 2.17. The van der Waals surface area contributed by atoms with Crippen LogP contribution in [0.5, 0.6) is 0 Å². The molecule has 0 aromatic heterocycles. The van der Waals surface area contributed by atoms with Crippen molar-refractivity contribution in [3.8, 4) is 11.1 Å². The van der Waals surface area contributed by atoms with Gasteiger partial charge in [-0.15, -0.1) is 11.6 Å². The fourth-order valence-electron chi connectivity index (χ4n) is 4.78. The maximum atomic E-state index is 6.30. The SMILES string of the molecule is ClCc1ccccc1-c1ccc2cccc3c4cccc5cccc(c1c23)c54. The Morgan fingerprint density at radius 1 is 0.464 bits per heavy atom. The molecule has 0 nitrogen and oxygen atoms in total. The maximum absolute atomic E-state index is 6.30. The molecule has 0 spiro atoms.